The van der Waals surface area contributed by atoms with Crippen LogP contribution < -0.4 is 14.8 Å². The van der Waals surface area contributed by atoms with E-state index in [4.69, 9.17) is 13.9 Å². The Morgan fingerprint density at radius 2 is 1.85 bits per heavy atom. The van der Waals surface area contributed by atoms with Crippen LogP contribution in [0, 0.1) is 0 Å². The summed E-state index contributed by atoms with van der Waals surface area (Å²) < 4.78 is 16.3. The third-order valence-corrected chi connectivity index (χ3v) is 5.49. The normalized spacial score (nSPS) is 15.2. The zero-order chi connectivity index (χ0) is 23.4. The van der Waals surface area contributed by atoms with Crippen LogP contribution in [0.1, 0.15) is 41.1 Å². The highest BCUT2D eigenvalue weighted by Crippen LogP contribution is 2.35. The molecule has 1 aliphatic heterocycles. The standard InChI is InChI=1S/C25H25N3O5/c1-16(29)17-6-9-19(10-7-17)26-15-25(30)28-21(22-5-4-12-33-22)14-20(27-28)18-8-11-23(31-2)24(13-18)32-3/h4-13,21,26H,14-15H2,1-3H3. The molecule has 0 aliphatic carbocycles. The molecule has 2 aromatic carbocycles. The number of furan rings is 1. The van der Waals surface area contributed by atoms with Crippen molar-refractivity contribution in [2.45, 2.75) is 19.4 Å². The Balaban J connectivity index is 1.55. The second-order valence-corrected chi connectivity index (χ2v) is 7.58. The van der Waals surface area contributed by atoms with Gasteiger partial charge in [-0.2, -0.15) is 5.10 Å². The average Bonchev–Trinajstić information content (AvgIpc) is 3.52. The first kappa shape index (κ1) is 22.1. The molecule has 1 N–H and O–H groups in total. The van der Waals surface area contributed by atoms with Gasteiger partial charge in [0.25, 0.3) is 5.91 Å². The van der Waals surface area contributed by atoms with Crippen LogP contribution in [0.5, 0.6) is 11.5 Å². The zero-order valence-electron chi connectivity index (χ0n) is 18.7. The number of amides is 1. The Hall–Kier alpha value is -4.07. The molecule has 3 aromatic rings. The predicted octanol–water partition coefficient (Wildman–Crippen LogP) is 4.29. The van der Waals surface area contributed by atoms with E-state index in [0.29, 0.717) is 29.2 Å². The highest BCUT2D eigenvalue weighted by molar-refractivity contribution is 6.03. The Labute approximate surface area is 191 Å². The lowest BCUT2D eigenvalue weighted by molar-refractivity contribution is -0.131. The minimum absolute atomic E-state index is 0.00647. The smallest absolute Gasteiger partial charge is 0.262 e. The Kier molecular flexibility index (Phi) is 6.44. The van der Waals surface area contributed by atoms with Gasteiger partial charge in [0.2, 0.25) is 0 Å². The summed E-state index contributed by atoms with van der Waals surface area (Å²) in [6.07, 6.45) is 2.09. The van der Waals surface area contributed by atoms with Crippen LogP contribution in [-0.2, 0) is 4.79 Å². The number of hydrogen-bond donors (Lipinski definition) is 1. The van der Waals surface area contributed by atoms with Crippen molar-refractivity contribution in [3.05, 3.63) is 77.7 Å². The van der Waals surface area contributed by atoms with Crippen LogP contribution in [0.3, 0.4) is 0 Å². The van der Waals surface area contributed by atoms with Crippen molar-refractivity contribution < 1.29 is 23.5 Å². The lowest BCUT2D eigenvalue weighted by Crippen LogP contribution is -2.32. The molecule has 8 heteroatoms. The Morgan fingerprint density at radius 1 is 1.09 bits per heavy atom. The molecule has 0 bridgehead atoms. The molecule has 1 aromatic heterocycles. The summed E-state index contributed by atoms with van der Waals surface area (Å²) in [4.78, 5) is 24.6. The number of nitrogens with one attached hydrogen (secondary N) is 1. The summed E-state index contributed by atoms with van der Waals surface area (Å²) in [6.45, 7) is 1.56. The molecule has 1 aliphatic rings. The monoisotopic (exact) mass is 447 g/mol. The lowest BCUT2D eigenvalue weighted by atomic mass is 10.0. The van der Waals surface area contributed by atoms with Gasteiger partial charge in [-0.15, -0.1) is 0 Å². The molecule has 8 nitrogen and oxygen atoms in total. The Bertz CT molecular complexity index is 1170. The van der Waals surface area contributed by atoms with Crippen molar-refractivity contribution in [3.8, 4) is 11.5 Å². The van der Waals surface area contributed by atoms with E-state index in [1.54, 1.807) is 50.8 Å². The first-order chi connectivity index (χ1) is 16.0. The number of carbonyl (C=O) groups is 2. The first-order valence-corrected chi connectivity index (χ1v) is 10.5. The summed E-state index contributed by atoms with van der Waals surface area (Å²) in [6, 6.07) is 15.8. The van der Waals surface area contributed by atoms with Crippen LogP contribution in [-0.4, -0.2) is 43.2 Å². The second kappa shape index (κ2) is 9.60. The van der Waals surface area contributed by atoms with E-state index in [9.17, 15) is 9.59 Å². The number of ether oxygens (including phenoxy) is 2. The highest BCUT2D eigenvalue weighted by Gasteiger charge is 2.34. The van der Waals surface area contributed by atoms with Crippen molar-refractivity contribution in [2.75, 3.05) is 26.1 Å². The van der Waals surface area contributed by atoms with Crippen molar-refractivity contribution >= 4 is 23.1 Å². The molecule has 0 fully saturated rings. The maximum atomic E-state index is 13.1. The molecule has 1 atom stereocenters. The molecule has 1 unspecified atom stereocenters. The number of carbonyl (C=O) groups excluding carboxylic acids is 2. The molecule has 4 rings (SSSR count). The summed E-state index contributed by atoms with van der Waals surface area (Å²) in [7, 11) is 3.16. The van der Waals surface area contributed by atoms with Gasteiger partial charge >= 0.3 is 0 Å². The minimum Gasteiger partial charge on any atom is -0.493 e. The van der Waals surface area contributed by atoms with Crippen LogP contribution in [0.25, 0.3) is 0 Å². The Morgan fingerprint density at radius 3 is 2.48 bits per heavy atom. The fourth-order valence-corrected chi connectivity index (χ4v) is 3.71. The van der Waals surface area contributed by atoms with Gasteiger partial charge in [-0.05, 0) is 61.5 Å². The largest absolute Gasteiger partial charge is 0.493 e. The molecular weight excluding hydrogens is 422 g/mol. The molecular formula is C25H25N3O5. The topological polar surface area (TPSA) is 93.4 Å². The molecule has 0 saturated heterocycles. The lowest BCUT2D eigenvalue weighted by Gasteiger charge is -2.20. The summed E-state index contributed by atoms with van der Waals surface area (Å²) >= 11 is 0. The number of hydrogen-bond acceptors (Lipinski definition) is 7. The molecule has 1 amide bonds. The number of methoxy groups -OCH3 is 2. The van der Waals surface area contributed by atoms with E-state index in [0.717, 1.165) is 17.0 Å². The van der Waals surface area contributed by atoms with Gasteiger partial charge in [0, 0.05) is 23.2 Å². The zero-order valence-corrected chi connectivity index (χ0v) is 18.7. The minimum atomic E-state index is -0.350. The van der Waals surface area contributed by atoms with Crippen molar-refractivity contribution in [1.29, 1.82) is 0 Å². The number of hydrazone groups is 1. The molecule has 170 valence electrons. The van der Waals surface area contributed by atoms with Crippen LogP contribution in [0.2, 0.25) is 0 Å². The van der Waals surface area contributed by atoms with Crippen molar-refractivity contribution in [3.63, 3.8) is 0 Å². The third kappa shape index (κ3) is 4.74. The first-order valence-electron chi connectivity index (χ1n) is 10.5. The molecule has 2 heterocycles. The van der Waals surface area contributed by atoms with Crippen LogP contribution in [0.15, 0.2) is 70.4 Å². The van der Waals surface area contributed by atoms with Crippen molar-refractivity contribution in [2.24, 2.45) is 5.10 Å². The number of Topliss-reactive ketones (excluding diaryl/α,β-unsaturated/α-hetero) is 1. The maximum Gasteiger partial charge on any atom is 0.262 e. The van der Waals surface area contributed by atoms with Crippen LogP contribution in [0.4, 0.5) is 5.69 Å². The van der Waals surface area contributed by atoms with Gasteiger partial charge < -0.3 is 19.2 Å². The van der Waals surface area contributed by atoms with Gasteiger partial charge in [-0.1, -0.05) is 0 Å². The quantitative estimate of drug-likeness (QED) is 0.518. The molecule has 0 radical (unpaired) electrons. The van der Waals surface area contributed by atoms with Gasteiger partial charge in [-0.3, -0.25) is 9.59 Å². The van der Waals surface area contributed by atoms with Gasteiger partial charge in [0.15, 0.2) is 17.3 Å². The average molecular weight is 447 g/mol. The van der Waals surface area contributed by atoms with Gasteiger partial charge in [0.05, 0.1) is 32.7 Å². The molecule has 33 heavy (non-hydrogen) atoms. The van der Waals surface area contributed by atoms with E-state index in [2.05, 4.69) is 10.4 Å². The second-order valence-electron chi connectivity index (χ2n) is 7.58. The number of ketones is 1. The van der Waals surface area contributed by atoms with E-state index >= 15 is 0 Å². The fraction of sp³-hybridized carbons (Fsp3) is 0.240. The molecule has 0 saturated carbocycles. The summed E-state index contributed by atoms with van der Waals surface area (Å²) in [5, 5.41) is 9.20. The third-order valence-electron chi connectivity index (χ3n) is 5.49. The number of benzene rings is 2. The predicted molar refractivity (Wildman–Crippen MR) is 124 cm³/mol. The van der Waals surface area contributed by atoms with Crippen LogP contribution >= 0.6 is 0 Å². The fourth-order valence-electron chi connectivity index (χ4n) is 3.71. The number of anilines is 1. The van der Waals surface area contributed by atoms with Crippen molar-refractivity contribution in [1.82, 2.24) is 5.01 Å². The SMILES string of the molecule is COc1ccc(C2=NN(C(=O)CNc3ccc(C(C)=O)cc3)C(c3ccco3)C2)cc1OC. The summed E-state index contributed by atoms with van der Waals surface area (Å²) in [5.41, 5.74) is 2.95. The van der Waals surface area contributed by atoms with Gasteiger partial charge in [-0.25, -0.2) is 5.01 Å². The van der Waals surface area contributed by atoms with E-state index in [-0.39, 0.29) is 24.3 Å². The number of rotatable bonds is 8. The van der Waals surface area contributed by atoms with E-state index in [1.807, 2.05) is 24.3 Å². The number of nitrogens with zero attached hydrogens (tertiary/aromatic N) is 2. The van der Waals surface area contributed by atoms with E-state index in [1.165, 1.54) is 11.9 Å². The highest BCUT2D eigenvalue weighted by atomic mass is 16.5. The van der Waals surface area contributed by atoms with Gasteiger partial charge in [0.1, 0.15) is 11.8 Å². The van der Waals surface area contributed by atoms with E-state index < -0.39 is 0 Å². The molecule has 0 spiro atoms. The maximum absolute atomic E-state index is 13.1. The summed E-state index contributed by atoms with van der Waals surface area (Å²) in [5.74, 6) is 1.66.